The number of carbonyl (C=O) groups is 1. The van der Waals surface area contributed by atoms with Crippen molar-refractivity contribution in [2.75, 3.05) is 6.54 Å². The van der Waals surface area contributed by atoms with Gasteiger partial charge in [-0.2, -0.15) is 0 Å². The summed E-state index contributed by atoms with van der Waals surface area (Å²) in [4.78, 5) is 10.6. The van der Waals surface area contributed by atoms with Crippen molar-refractivity contribution in [3.8, 4) is 0 Å². The van der Waals surface area contributed by atoms with Crippen LogP contribution in [0.3, 0.4) is 0 Å². The van der Waals surface area contributed by atoms with Crippen LogP contribution in [0.4, 0.5) is 12.9 Å². The summed E-state index contributed by atoms with van der Waals surface area (Å²) in [5, 5.41) is 2.81. The maximum Gasteiger partial charge on any atom is 0.762 e. The molecule has 1 fully saturated rings. The Morgan fingerprint density at radius 3 is 2.23 bits per heavy atom. The highest BCUT2D eigenvalue weighted by atomic mass is 19.4. The summed E-state index contributed by atoms with van der Waals surface area (Å²) < 4.78 is 29.0. The molecule has 1 rings (SSSR count). The van der Waals surface area contributed by atoms with Crippen LogP contribution < -0.4 is 10.0 Å². The quantitative estimate of drug-likeness (QED) is 0.376. The van der Waals surface area contributed by atoms with E-state index in [1.54, 1.807) is 0 Å². The predicted molar refractivity (Wildman–Crippen MR) is 40.6 cm³/mol. The zero-order chi connectivity index (χ0) is 9.40. The van der Waals surface area contributed by atoms with Gasteiger partial charge in [0.25, 0.3) is 0 Å². The van der Waals surface area contributed by atoms with Crippen molar-refractivity contribution in [1.29, 1.82) is 0 Å². The third kappa shape index (κ3) is 14.1. The second-order valence-corrected chi connectivity index (χ2v) is 2.41. The van der Waals surface area contributed by atoms with Crippen LogP contribution in [0.15, 0.2) is 0 Å². The molecule has 0 aromatic carbocycles. The highest BCUT2D eigenvalue weighted by Gasteiger charge is 2.06. The van der Waals surface area contributed by atoms with Gasteiger partial charge in [0.2, 0.25) is 5.91 Å². The Morgan fingerprint density at radius 1 is 1.15 bits per heavy atom. The molecule has 0 saturated carbocycles. The van der Waals surface area contributed by atoms with E-state index in [-0.39, 0.29) is 10.6 Å². The van der Waals surface area contributed by atoms with E-state index in [1.807, 2.05) is 0 Å². The first-order valence-corrected chi connectivity index (χ1v) is 3.82. The number of nitrogens with one attached hydrogen (secondary N) is 1. The summed E-state index contributed by atoms with van der Waals surface area (Å²) >= 11 is 0. The maximum atomic E-state index is 10.6. The standard InChI is InChI=1S/C6H11NO.BF3.FH/c8-6-4-2-1-3-5-7-6;2-1(3)4;/h1-5H2,(H,7,8);;1H/p-1. The van der Waals surface area contributed by atoms with Crippen molar-refractivity contribution < 1.29 is 22.4 Å². The number of rotatable bonds is 0. The molecule has 2 nitrogen and oxygen atoms in total. The van der Waals surface area contributed by atoms with E-state index in [9.17, 15) is 17.7 Å². The molecule has 1 heterocycles. The third-order valence-corrected chi connectivity index (χ3v) is 1.40. The average molecular weight is 200 g/mol. The Labute approximate surface area is 74.5 Å². The average Bonchev–Trinajstić information content (AvgIpc) is 2.14. The van der Waals surface area contributed by atoms with Crippen molar-refractivity contribution in [2.45, 2.75) is 25.7 Å². The first kappa shape index (κ1) is 14.8. The minimum atomic E-state index is -3.67. The summed E-state index contributed by atoms with van der Waals surface area (Å²) in [5.41, 5.74) is 0. The van der Waals surface area contributed by atoms with E-state index in [0.29, 0.717) is 0 Å². The fraction of sp³-hybridized carbons (Fsp3) is 0.833. The Balaban J connectivity index is 0. The molecule has 0 aromatic rings. The van der Waals surface area contributed by atoms with Gasteiger partial charge in [-0.1, -0.05) is 6.42 Å². The van der Waals surface area contributed by atoms with Crippen LogP contribution in [0, 0.1) is 0 Å². The van der Waals surface area contributed by atoms with E-state index in [1.165, 1.54) is 6.42 Å². The van der Waals surface area contributed by atoms with E-state index < -0.39 is 7.54 Å². The van der Waals surface area contributed by atoms with Crippen LogP contribution in [-0.2, 0) is 4.79 Å². The number of hydrogen-bond donors (Lipinski definition) is 1. The van der Waals surface area contributed by atoms with Crippen LogP contribution >= 0.6 is 0 Å². The van der Waals surface area contributed by atoms with Crippen molar-refractivity contribution in [3.05, 3.63) is 0 Å². The molecular weight excluding hydrogens is 189 g/mol. The Kier molecular flexibility index (Phi) is 10.6. The largest absolute Gasteiger partial charge is 1.00 e. The van der Waals surface area contributed by atoms with Crippen LogP contribution in [0.1, 0.15) is 25.7 Å². The molecule has 0 spiro atoms. The van der Waals surface area contributed by atoms with Gasteiger partial charge in [0.05, 0.1) is 0 Å². The van der Waals surface area contributed by atoms with Gasteiger partial charge in [0, 0.05) is 13.0 Å². The Morgan fingerprint density at radius 2 is 1.69 bits per heavy atom. The number of hydrogen-bond acceptors (Lipinski definition) is 1. The topological polar surface area (TPSA) is 29.1 Å². The third-order valence-electron chi connectivity index (χ3n) is 1.40. The zero-order valence-corrected chi connectivity index (χ0v) is 7.03. The van der Waals surface area contributed by atoms with E-state index >= 15 is 0 Å². The van der Waals surface area contributed by atoms with Crippen molar-refractivity contribution in [1.82, 2.24) is 5.32 Å². The summed E-state index contributed by atoms with van der Waals surface area (Å²) in [6, 6.07) is 0. The number of halogens is 4. The molecule has 7 heteroatoms. The van der Waals surface area contributed by atoms with Crippen molar-refractivity contribution in [3.63, 3.8) is 0 Å². The van der Waals surface area contributed by atoms with Gasteiger partial charge < -0.3 is 10.0 Å². The number of carbonyl (C=O) groups excluding carboxylic acids is 1. The maximum absolute atomic E-state index is 10.6. The van der Waals surface area contributed by atoms with Gasteiger partial charge in [0.15, 0.2) is 0 Å². The van der Waals surface area contributed by atoms with Gasteiger partial charge >= 0.3 is 7.54 Å². The number of amides is 1. The van der Waals surface area contributed by atoms with Gasteiger partial charge in [0.1, 0.15) is 0 Å². The molecule has 0 bridgehead atoms. The highest BCUT2D eigenvalue weighted by molar-refractivity contribution is 6.33. The zero-order valence-electron chi connectivity index (χ0n) is 7.03. The van der Waals surface area contributed by atoms with Gasteiger partial charge in [-0.3, -0.25) is 17.7 Å². The molecule has 0 atom stereocenters. The second kappa shape index (κ2) is 9.34. The summed E-state index contributed by atoms with van der Waals surface area (Å²) in [6.45, 7) is 0.888. The fourth-order valence-corrected chi connectivity index (χ4v) is 0.904. The normalized spacial score (nSPS) is 15.5. The summed E-state index contributed by atoms with van der Waals surface area (Å²) in [7, 11) is -3.67. The lowest BCUT2D eigenvalue weighted by Gasteiger charge is -1.93. The Bertz CT molecular complexity index is 123. The summed E-state index contributed by atoms with van der Waals surface area (Å²) in [6.07, 6.45) is 4.18. The first-order valence-electron chi connectivity index (χ1n) is 3.82. The fourth-order valence-electron chi connectivity index (χ4n) is 0.904. The molecule has 0 unspecified atom stereocenters. The highest BCUT2D eigenvalue weighted by Crippen LogP contribution is 2.02. The lowest BCUT2D eigenvalue weighted by atomic mass is 10.2. The molecule has 1 aliphatic heterocycles. The first-order chi connectivity index (χ1) is 5.63. The monoisotopic (exact) mass is 200 g/mol. The SMILES string of the molecule is FB(F)F.O=C1CCCCCN1.[F-]. The lowest BCUT2D eigenvalue weighted by molar-refractivity contribution is -0.120. The Hall–Kier alpha value is -0.745. The van der Waals surface area contributed by atoms with Crippen molar-refractivity contribution >= 4 is 13.5 Å². The van der Waals surface area contributed by atoms with Crippen LogP contribution in [0.25, 0.3) is 0 Å². The van der Waals surface area contributed by atoms with Crippen molar-refractivity contribution in [2.24, 2.45) is 0 Å². The molecule has 1 amide bonds. The van der Waals surface area contributed by atoms with Gasteiger partial charge in [-0.25, -0.2) is 0 Å². The molecule has 13 heavy (non-hydrogen) atoms. The molecule has 1 saturated heterocycles. The molecule has 0 aromatic heterocycles. The van der Waals surface area contributed by atoms with Gasteiger partial charge in [-0.05, 0) is 12.8 Å². The molecular formula is C6H11BF4NO-. The summed E-state index contributed by atoms with van der Waals surface area (Å²) in [5.74, 6) is 0.225. The lowest BCUT2D eigenvalue weighted by Crippen LogP contribution is -3.00. The van der Waals surface area contributed by atoms with Crippen LogP contribution in [0.5, 0.6) is 0 Å². The molecule has 0 aliphatic carbocycles. The smallest absolute Gasteiger partial charge is 0.762 e. The van der Waals surface area contributed by atoms with E-state index in [0.717, 1.165) is 25.8 Å². The predicted octanol–water partition coefficient (Wildman–Crippen LogP) is -1.44. The molecule has 1 N–H and O–H groups in total. The van der Waals surface area contributed by atoms with Gasteiger partial charge in [-0.15, -0.1) is 0 Å². The van der Waals surface area contributed by atoms with E-state index in [4.69, 9.17) is 0 Å². The van der Waals surface area contributed by atoms with Crippen LogP contribution in [0.2, 0.25) is 0 Å². The van der Waals surface area contributed by atoms with E-state index in [2.05, 4.69) is 5.32 Å². The van der Waals surface area contributed by atoms with Crippen LogP contribution in [-0.4, -0.2) is 20.0 Å². The minimum Gasteiger partial charge on any atom is -1.00 e. The molecule has 78 valence electrons. The molecule has 1 aliphatic rings. The molecule has 0 radical (unpaired) electrons. The minimum absolute atomic E-state index is 0. The second-order valence-electron chi connectivity index (χ2n) is 2.41.